The minimum Gasteiger partial charge on any atom is -0.444 e. The molecule has 0 radical (unpaired) electrons. The number of piperazine rings is 1. The van der Waals surface area contributed by atoms with Crippen LogP contribution in [0.15, 0.2) is 22.8 Å². The van der Waals surface area contributed by atoms with E-state index in [0.29, 0.717) is 32.0 Å². The second-order valence-corrected chi connectivity index (χ2v) is 7.92. The number of carbonyl (C=O) groups is 2. The molecule has 2 aliphatic rings. The Balaban J connectivity index is 1.69. The van der Waals surface area contributed by atoms with Gasteiger partial charge in [0.2, 0.25) is 0 Å². The van der Waals surface area contributed by atoms with Crippen LogP contribution in [0, 0.1) is 0 Å². The summed E-state index contributed by atoms with van der Waals surface area (Å²) in [4.78, 5) is 34.3. The molecule has 1 unspecified atom stereocenters. The molecule has 0 spiro atoms. The van der Waals surface area contributed by atoms with Crippen LogP contribution < -0.4 is 4.90 Å². The fourth-order valence-electron chi connectivity index (χ4n) is 2.92. The molecule has 1 aromatic heterocycles. The molecule has 7 nitrogen and oxygen atoms in total. The van der Waals surface area contributed by atoms with Crippen molar-refractivity contribution < 1.29 is 14.3 Å². The van der Waals surface area contributed by atoms with Gasteiger partial charge in [-0.1, -0.05) is 0 Å². The SMILES string of the molecule is CC(C)(C)OC(=O)N1CCN2C(=O)N(c3ccc(Br)cn3)CC2C1. The zero-order valence-corrected chi connectivity index (χ0v) is 15.6. The van der Waals surface area contributed by atoms with Gasteiger partial charge in [-0.15, -0.1) is 0 Å². The number of rotatable bonds is 1. The second-order valence-electron chi connectivity index (χ2n) is 7.00. The number of fused-ring (bicyclic) bond motifs is 1. The fraction of sp³-hybridized carbons (Fsp3) is 0.562. The lowest BCUT2D eigenvalue weighted by molar-refractivity contribution is 0.0128. The Kier molecular flexibility index (Phi) is 4.42. The minimum absolute atomic E-state index is 0.0378. The highest BCUT2D eigenvalue weighted by atomic mass is 79.9. The summed E-state index contributed by atoms with van der Waals surface area (Å²) in [6, 6.07) is 3.58. The van der Waals surface area contributed by atoms with Crippen LogP contribution in [0.25, 0.3) is 0 Å². The number of carbonyl (C=O) groups excluding carboxylic acids is 2. The summed E-state index contributed by atoms with van der Waals surface area (Å²) >= 11 is 3.34. The maximum atomic E-state index is 12.6. The lowest BCUT2D eigenvalue weighted by Gasteiger charge is -2.36. The largest absolute Gasteiger partial charge is 0.444 e. The summed E-state index contributed by atoms with van der Waals surface area (Å²) in [5.74, 6) is 0.626. The first-order chi connectivity index (χ1) is 11.2. The molecule has 0 bridgehead atoms. The highest BCUT2D eigenvalue weighted by Crippen LogP contribution is 2.26. The summed E-state index contributed by atoms with van der Waals surface area (Å²) in [5.41, 5.74) is -0.521. The van der Waals surface area contributed by atoms with Gasteiger partial charge in [0.1, 0.15) is 11.4 Å². The number of aromatic nitrogens is 1. The van der Waals surface area contributed by atoms with Crippen molar-refractivity contribution in [3.8, 4) is 0 Å². The van der Waals surface area contributed by atoms with Gasteiger partial charge in [0.25, 0.3) is 0 Å². The third kappa shape index (κ3) is 3.48. The molecule has 0 saturated carbocycles. The number of pyridine rings is 1. The van der Waals surface area contributed by atoms with Gasteiger partial charge in [0, 0.05) is 30.3 Å². The maximum Gasteiger partial charge on any atom is 0.410 e. The van der Waals surface area contributed by atoms with Gasteiger partial charge in [0.15, 0.2) is 0 Å². The Bertz CT molecular complexity index is 644. The molecule has 8 heteroatoms. The summed E-state index contributed by atoms with van der Waals surface area (Å²) < 4.78 is 6.30. The number of halogens is 1. The van der Waals surface area contributed by atoms with Gasteiger partial charge in [-0.3, -0.25) is 4.90 Å². The quantitative estimate of drug-likeness (QED) is 0.731. The molecule has 1 atom stereocenters. The number of hydrogen-bond donors (Lipinski definition) is 0. The van der Waals surface area contributed by atoms with Gasteiger partial charge >= 0.3 is 12.1 Å². The molecule has 2 fully saturated rings. The van der Waals surface area contributed by atoms with Crippen LogP contribution in [0.2, 0.25) is 0 Å². The third-order valence-corrected chi connectivity index (χ3v) is 4.46. The van der Waals surface area contributed by atoms with Crippen molar-refractivity contribution >= 4 is 33.9 Å². The Labute approximate surface area is 149 Å². The molecule has 0 N–H and O–H groups in total. The second kappa shape index (κ2) is 6.23. The highest BCUT2D eigenvalue weighted by Gasteiger charge is 2.43. The van der Waals surface area contributed by atoms with Crippen LogP contribution in [-0.2, 0) is 4.74 Å². The van der Waals surface area contributed by atoms with Crippen molar-refractivity contribution in [2.75, 3.05) is 31.1 Å². The Morgan fingerprint density at radius 2 is 2.04 bits per heavy atom. The van der Waals surface area contributed by atoms with E-state index in [-0.39, 0.29) is 18.2 Å². The van der Waals surface area contributed by atoms with E-state index in [9.17, 15) is 9.59 Å². The van der Waals surface area contributed by atoms with E-state index in [1.807, 2.05) is 37.8 Å². The van der Waals surface area contributed by atoms with Gasteiger partial charge in [-0.2, -0.15) is 0 Å². The molecule has 3 amide bonds. The van der Waals surface area contributed by atoms with Gasteiger partial charge < -0.3 is 14.5 Å². The number of anilines is 1. The lowest BCUT2D eigenvalue weighted by atomic mass is 10.2. The molecule has 0 aliphatic carbocycles. The van der Waals surface area contributed by atoms with Crippen LogP contribution >= 0.6 is 15.9 Å². The third-order valence-electron chi connectivity index (χ3n) is 3.99. The highest BCUT2D eigenvalue weighted by molar-refractivity contribution is 9.10. The molecule has 0 aromatic carbocycles. The Morgan fingerprint density at radius 1 is 1.29 bits per heavy atom. The van der Waals surface area contributed by atoms with Crippen molar-refractivity contribution in [3.05, 3.63) is 22.8 Å². The van der Waals surface area contributed by atoms with E-state index < -0.39 is 5.60 Å². The lowest BCUT2D eigenvalue weighted by Crippen LogP contribution is -2.54. The average molecular weight is 397 g/mol. The maximum absolute atomic E-state index is 12.6. The van der Waals surface area contributed by atoms with E-state index in [1.54, 1.807) is 16.0 Å². The topological polar surface area (TPSA) is 66.0 Å². The van der Waals surface area contributed by atoms with Gasteiger partial charge in [0.05, 0.1) is 12.6 Å². The van der Waals surface area contributed by atoms with Crippen LogP contribution in [0.4, 0.5) is 15.4 Å². The number of urea groups is 1. The average Bonchev–Trinajstić information content (AvgIpc) is 2.83. The van der Waals surface area contributed by atoms with E-state index >= 15 is 0 Å². The normalized spacial score (nSPS) is 21.1. The molecule has 24 heavy (non-hydrogen) atoms. The van der Waals surface area contributed by atoms with E-state index in [0.717, 1.165) is 4.47 Å². The molecular weight excluding hydrogens is 376 g/mol. The van der Waals surface area contributed by atoms with Crippen molar-refractivity contribution in [2.24, 2.45) is 0 Å². The first-order valence-electron chi connectivity index (χ1n) is 7.92. The minimum atomic E-state index is -0.521. The van der Waals surface area contributed by atoms with Crippen LogP contribution in [0.5, 0.6) is 0 Å². The van der Waals surface area contributed by atoms with E-state index in [1.165, 1.54) is 0 Å². The standard InChI is InChI=1S/C16H21BrN4O3/c1-16(2,3)24-15(23)19-6-7-20-12(9-19)10-21(14(20)22)13-5-4-11(17)8-18-13/h4-5,8,12H,6-7,9-10H2,1-3H3. The Hall–Kier alpha value is -1.83. The van der Waals surface area contributed by atoms with Crippen LogP contribution in [0.1, 0.15) is 20.8 Å². The van der Waals surface area contributed by atoms with Crippen LogP contribution in [-0.4, -0.2) is 64.7 Å². The van der Waals surface area contributed by atoms with Crippen molar-refractivity contribution in [3.63, 3.8) is 0 Å². The number of hydrogen-bond acceptors (Lipinski definition) is 4. The summed E-state index contributed by atoms with van der Waals surface area (Å²) in [6.45, 7) is 7.54. The Morgan fingerprint density at radius 3 is 2.67 bits per heavy atom. The van der Waals surface area contributed by atoms with Crippen molar-refractivity contribution in [1.82, 2.24) is 14.8 Å². The number of amides is 3. The summed E-state index contributed by atoms with van der Waals surface area (Å²) in [5, 5.41) is 0. The van der Waals surface area contributed by atoms with Crippen molar-refractivity contribution in [2.45, 2.75) is 32.4 Å². The first kappa shape index (κ1) is 17.0. The molecule has 130 valence electrons. The molecule has 1 aromatic rings. The monoisotopic (exact) mass is 396 g/mol. The predicted octanol–water partition coefficient (Wildman–Crippen LogP) is 2.71. The number of ether oxygens (including phenoxy) is 1. The van der Waals surface area contributed by atoms with Crippen LogP contribution in [0.3, 0.4) is 0 Å². The zero-order valence-electron chi connectivity index (χ0n) is 14.0. The summed E-state index contributed by atoms with van der Waals surface area (Å²) in [6.07, 6.45) is 1.35. The van der Waals surface area contributed by atoms with Gasteiger partial charge in [-0.05, 0) is 48.8 Å². The molecular formula is C16H21BrN4O3. The van der Waals surface area contributed by atoms with Gasteiger partial charge in [-0.25, -0.2) is 14.6 Å². The van der Waals surface area contributed by atoms with E-state index in [4.69, 9.17) is 4.74 Å². The molecule has 2 saturated heterocycles. The molecule has 3 heterocycles. The number of nitrogens with zero attached hydrogens (tertiary/aromatic N) is 4. The summed E-state index contributed by atoms with van der Waals surface area (Å²) in [7, 11) is 0. The molecule has 2 aliphatic heterocycles. The first-order valence-corrected chi connectivity index (χ1v) is 8.71. The van der Waals surface area contributed by atoms with Crippen molar-refractivity contribution in [1.29, 1.82) is 0 Å². The predicted molar refractivity (Wildman–Crippen MR) is 93.0 cm³/mol. The smallest absolute Gasteiger partial charge is 0.410 e. The molecule has 3 rings (SSSR count). The fourth-order valence-corrected chi connectivity index (χ4v) is 3.15. The zero-order chi connectivity index (χ0) is 17.5. The van der Waals surface area contributed by atoms with E-state index in [2.05, 4.69) is 20.9 Å².